The lowest BCUT2D eigenvalue weighted by atomic mass is 9.97. The second-order valence-electron chi connectivity index (χ2n) is 8.18. The van der Waals surface area contributed by atoms with Crippen molar-refractivity contribution in [3.8, 4) is 17.2 Å². The third kappa shape index (κ3) is 5.77. The molecule has 3 rings (SSSR count). The van der Waals surface area contributed by atoms with Gasteiger partial charge in [0.1, 0.15) is 5.75 Å². The maximum absolute atomic E-state index is 12.6. The van der Waals surface area contributed by atoms with Gasteiger partial charge in [-0.2, -0.15) is 9.41 Å². The standard InChI is InChI=1S/C22H27N3O6S/c1-22(2)14-30-19-10-5-16(11-20(19)31-15-22)12-23-24-21(26)13-25(3)32(27,28)18-8-6-17(29-4)7-9-18/h5-12H,13-15H2,1-4H3,(H,24,26)/b23-12-. The molecule has 0 saturated carbocycles. The number of fused-ring (bicyclic) bond motifs is 1. The Hall–Kier alpha value is -3.11. The molecule has 0 radical (unpaired) electrons. The van der Waals surface area contributed by atoms with Gasteiger partial charge in [0.15, 0.2) is 11.5 Å². The van der Waals surface area contributed by atoms with Crippen molar-refractivity contribution in [3.63, 3.8) is 0 Å². The summed E-state index contributed by atoms with van der Waals surface area (Å²) in [6.45, 7) is 4.80. The molecule has 1 aliphatic heterocycles. The molecule has 172 valence electrons. The Morgan fingerprint density at radius 2 is 1.81 bits per heavy atom. The van der Waals surface area contributed by atoms with E-state index in [1.807, 2.05) is 0 Å². The summed E-state index contributed by atoms with van der Waals surface area (Å²) < 4.78 is 42.8. The molecule has 0 saturated heterocycles. The van der Waals surface area contributed by atoms with E-state index in [4.69, 9.17) is 14.2 Å². The van der Waals surface area contributed by atoms with Gasteiger partial charge in [-0.05, 0) is 48.0 Å². The fourth-order valence-corrected chi connectivity index (χ4v) is 3.98. The molecule has 0 bridgehead atoms. The minimum atomic E-state index is -3.82. The van der Waals surface area contributed by atoms with E-state index in [0.29, 0.717) is 36.0 Å². The molecule has 32 heavy (non-hydrogen) atoms. The smallest absolute Gasteiger partial charge is 0.255 e. The molecule has 0 atom stereocenters. The van der Waals surface area contributed by atoms with Crippen LogP contribution in [0.4, 0.5) is 0 Å². The lowest BCUT2D eigenvalue weighted by Crippen LogP contribution is -2.36. The first-order valence-corrected chi connectivity index (χ1v) is 11.4. The molecule has 0 unspecified atom stereocenters. The summed E-state index contributed by atoms with van der Waals surface area (Å²) in [5, 5.41) is 3.91. The summed E-state index contributed by atoms with van der Waals surface area (Å²) in [4.78, 5) is 12.2. The number of carbonyl (C=O) groups is 1. The molecule has 2 aromatic carbocycles. The Morgan fingerprint density at radius 3 is 2.47 bits per heavy atom. The molecule has 0 aliphatic carbocycles. The van der Waals surface area contributed by atoms with E-state index in [0.717, 1.165) is 4.31 Å². The first-order valence-electron chi connectivity index (χ1n) is 9.93. The van der Waals surface area contributed by atoms with Crippen molar-refractivity contribution < 1.29 is 27.4 Å². The zero-order valence-corrected chi connectivity index (χ0v) is 19.3. The number of sulfonamides is 1. The SMILES string of the molecule is COc1ccc(S(=O)(=O)N(C)CC(=O)N/N=C\c2ccc3c(c2)OCC(C)(C)CO3)cc1. The van der Waals surface area contributed by atoms with Gasteiger partial charge in [-0.15, -0.1) is 0 Å². The number of carbonyl (C=O) groups excluding carboxylic acids is 1. The van der Waals surface area contributed by atoms with Crippen LogP contribution in [0, 0.1) is 5.41 Å². The van der Waals surface area contributed by atoms with Crippen LogP contribution in [-0.2, 0) is 14.8 Å². The maximum Gasteiger partial charge on any atom is 0.255 e. The highest BCUT2D eigenvalue weighted by atomic mass is 32.2. The Labute approximate surface area is 188 Å². The number of methoxy groups -OCH3 is 1. The van der Waals surface area contributed by atoms with Crippen LogP contribution in [-0.4, -0.2) is 58.8 Å². The monoisotopic (exact) mass is 461 g/mol. The fourth-order valence-electron chi connectivity index (χ4n) is 2.85. The summed E-state index contributed by atoms with van der Waals surface area (Å²) in [6.07, 6.45) is 1.45. The van der Waals surface area contributed by atoms with Crippen LogP contribution < -0.4 is 19.6 Å². The Kier molecular flexibility index (Phi) is 7.05. The molecular formula is C22H27N3O6S. The number of amides is 1. The van der Waals surface area contributed by atoms with Crippen molar-refractivity contribution in [2.75, 3.05) is 33.9 Å². The molecule has 1 amide bonds. The van der Waals surface area contributed by atoms with Crippen LogP contribution in [0.3, 0.4) is 0 Å². The molecular weight excluding hydrogens is 434 g/mol. The van der Waals surface area contributed by atoms with E-state index >= 15 is 0 Å². The first kappa shape index (κ1) is 23.6. The Balaban J connectivity index is 1.58. The van der Waals surface area contributed by atoms with Crippen LogP contribution in [0.2, 0.25) is 0 Å². The van der Waals surface area contributed by atoms with Crippen molar-refractivity contribution in [2.24, 2.45) is 10.5 Å². The van der Waals surface area contributed by atoms with Crippen molar-refractivity contribution in [1.29, 1.82) is 0 Å². The minimum Gasteiger partial charge on any atom is -0.497 e. The van der Waals surface area contributed by atoms with E-state index in [2.05, 4.69) is 24.4 Å². The molecule has 1 heterocycles. The summed E-state index contributed by atoms with van der Waals surface area (Å²) in [5.74, 6) is 1.23. The third-order valence-electron chi connectivity index (χ3n) is 4.74. The number of rotatable bonds is 7. The average Bonchev–Trinajstić information content (AvgIpc) is 2.91. The van der Waals surface area contributed by atoms with Crippen LogP contribution in [0.15, 0.2) is 52.5 Å². The van der Waals surface area contributed by atoms with E-state index in [-0.39, 0.29) is 16.9 Å². The van der Waals surface area contributed by atoms with Crippen LogP contribution in [0.1, 0.15) is 19.4 Å². The number of likely N-dealkylation sites (N-methyl/N-ethyl adjacent to an activating group) is 1. The molecule has 0 aromatic heterocycles. The second kappa shape index (κ2) is 9.58. The van der Waals surface area contributed by atoms with Crippen molar-refractivity contribution in [1.82, 2.24) is 9.73 Å². The van der Waals surface area contributed by atoms with Crippen molar-refractivity contribution in [3.05, 3.63) is 48.0 Å². The second-order valence-corrected chi connectivity index (χ2v) is 10.2. The third-order valence-corrected chi connectivity index (χ3v) is 6.56. The maximum atomic E-state index is 12.6. The topological polar surface area (TPSA) is 107 Å². The van der Waals surface area contributed by atoms with Gasteiger partial charge >= 0.3 is 0 Å². The van der Waals surface area contributed by atoms with Gasteiger partial charge in [0.25, 0.3) is 5.91 Å². The van der Waals surface area contributed by atoms with E-state index in [9.17, 15) is 13.2 Å². The molecule has 1 N–H and O–H groups in total. The van der Waals surface area contributed by atoms with Crippen LogP contribution in [0.5, 0.6) is 17.2 Å². The average molecular weight is 462 g/mol. The van der Waals surface area contributed by atoms with Crippen molar-refractivity contribution >= 4 is 22.1 Å². The number of hydrogen-bond acceptors (Lipinski definition) is 7. The lowest BCUT2D eigenvalue weighted by Gasteiger charge is -2.19. The predicted molar refractivity (Wildman–Crippen MR) is 120 cm³/mol. The highest BCUT2D eigenvalue weighted by molar-refractivity contribution is 7.89. The molecule has 0 fully saturated rings. The quantitative estimate of drug-likeness (QED) is 0.501. The predicted octanol–water partition coefficient (Wildman–Crippen LogP) is 2.26. The minimum absolute atomic E-state index is 0.0625. The van der Waals surface area contributed by atoms with Gasteiger partial charge < -0.3 is 14.2 Å². The number of ether oxygens (including phenoxy) is 3. The van der Waals surface area contributed by atoms with Gasteiger partial charge in [0.2, 0.25) is 10.0 Å². The van der Waals surface area contributed by atoms with Crippen LogP contribution in [0.25, 0.3) is 0 Å². The number of nitrogens with zero attached hydrogens (tertiary/aromatic N) is 2. The summed E-state index contributed by atoms with van der Waals surface area (Å²) in [5.41, 5.74) is 2.94. The highest BCUT2D eigenvalue weighted by Gasteiger charge is 2.25. The largest absolute Gasteiger partial charge is 0.497 e. The molecule has 0 spiro atoms. The zero-order valence-electron chi connectivity index (χ0n) is 18.5. The lowest BCUT2D eigenvalue weighted by molar-refractivity contribution is -0.121. The first-order chi connectivity index (χ1) is 15.1. The Bertz CT molecular complexity index is 1100. The van der Waals surface area contributed by atoms with Gasteiger partial charge in [-0.1, -0.05) is 13.8 Å². The number of nitrogens with one attached hydrogen (secondary N) is 1. The van der Waals surface area contributed by atoms with Gasteiger partial charge in [0, 0.05) is 12.5 Å². The molecule has 10 heteroatoms. The number of hydrazone groups is 1. The molecule has 9 nitrogen and oxygen atoms in total. The normalized spacial score (nSPS) is 15.4. The van der Waals surface area contributed by atoms with Crippen molar-refractivity contribution in [2.45, 2.75) is 18.7 Å². The summed E-state index contributed by atoms with van der Waals surface area (Å²) in [6, 6.07) is 11.3. The van der Waals surface area contributed by atoms with Gasteiger partial charge in [0.05, 0.1) is 38.0 Å². The van der Waals surface area contributed by atoms with Gasteiger partial charge in [-0.25, -0.2) is 13.8 Å². The van der Waals surface area contributed by atoms with Gasteiger partial charge in [-0.3, -0.25) is 4.79 Å². The van der Waals surface area contributed by atoms with E-state index < -0.39 is 15.9 Å². The summed E-state index contributed by atoms with van der Waals surface area (Å²) in [7, 11) is -1.00. The van der Waals surface area contributed by atoms with Crippen LogP contribution >= 0.6 is 0 Å². The number of hydrogen-bond donors (Lipinski definition) is 1. The summed E-state index contributed by atoms with van der Waals surface area (Å²) >= 11 is 0. The molecule has 1 aliphatic rings. The highest BCUT2D eigenvalue weighted by Crippen LogP contribution is 2.34. The number of benzene rings is 2. The Morgan fingerprint density at radius 1 is 1.16 bits per heavy atom. The molecule has 2 aromatic rings. The zero-order chi connectivity index (χ0) is 23.4. The fraction of sp³-hybridized carbons (Fsp3) is 0.364. The van der Waals surface area contributed by atoms with E-state index in [1.165, 1.54) is 32.5 Å². The van der Waals surface area contributed by atoms with E-state index in [1.54, 1.807) is 30.3 Å².